The molecule has 8 heteroatoms. The van der Waals surface area contributed by atoms with Gasteiger partial charge in [-0.15, -0.1) is 0 Å². The fourth-order valence-corrected chi connectivity index (χ4v) is 4.70. The Morgan fingerprint density at radius 1 is 1.18 bits per heavy atom. The summed E-state index contributed by atoms with van der Waals surface area (Å²) in [5.41, 5.74) is -0.517. The lowest BCUT2D eigenvalue weighted by atomic mass is 9.81. The molecule has 3 fully saturated rings. The number of hydrogen-bond acceptors (Lipinski definition) is 4. The first-order valence-electron chi connectivity index (χ1n) is 9.75. The van der Waals surface area contributed by atoms with Crippen LogP contribution >= 0.6 is 0 Å². The number of carbonyl (C=O) groups is 1. The molecule has 5 nitrogen and oxygen atoms in total. The van der Waals surface area contributed by atoms with Gasteiger partial charge in [0.25, 0.3) is 5.91 Å². The second-order valence-electron chi connectivity index (χ2n) is 8.41. The van der Waals surface area contributed by atoms with Gasteiger partial charge in [0.2, 0.25) is 0 Å². The van der Waals surface area contributed by atoms with Crippen LogP contribution in [0.1, 0.15) is 29.8 Å². The third-order valence-corrected chi connectivity index (χ3v) is 6.23. The molecule has 154 valence electrons. The van der Waals surface area contributed by atoms with Gasteiger partial charge >= 0.3 is 6.18 Å². The molecule has 0 unspecified atom stereocenters. The molecule has 3 aliphatic rings. The summed E-state index contributed by atoms with van der Waals surface area (Å²) in [6, 6.07) is 5.24. The molecule has 3 saturated heterocycles. The van der Waals surface area contributed by atoms with Gasteiger partial charge in [0, 0.05) is 50.4 Å². The summed E-state index contributed by atoms with van der Waals surface area (Å²) in [5, 5.41) is 0. The lowest BCUT2D eigenvalue weighted by molar-refractivity contribution is -0.160. The van der Waals surface area contributed by atoms with Gasteiger partial charge in [-0.1, -0.05) is 0 Å². The van der Waals surface area contributed by atoms with Gasteiger partial charge in [-0.05, 0) is 38.1 Å². The molecule has 0 radical (unpaired) electrons. The van der Waals surface area contributed by atoms with Crippen molar-refractivity contribution in [1.82, 2.24) is 14.7 Å². The Hall–Kier alpha value is -1.64. The Labute approximate surface area is 163 Å². The maximum atomic E-state index is 12.8. The number of benzene rings is 1. The number of nitrogens with zero attached hydrogens (tertiary/aromatic N) is 3. The first kappa shape index (κ1) is 19.7. The molecular weight excluding hydrogens is 371 g/mol. The quantitative estimate of drug-likeness (QED) is 0.768. The molecule has 3 aliphatic heterocycles. The molecule has 1 atom stereocenters. The second-order valence-corrected chi connectivity index (χ2v) is 8.41. The molecule has 1 aromatic rings. The van der Waals surface area contributed by atoms with E-state index in [1.165, 1.54) is 12.1 Å². The van der Waals surface area contributed by atoms with Gasteiger partial charge in [0.15, 0.2) is 0 Å². The van der Waals surface area contributed by atoms with Gasteiger partial charge in [-0.3, -0.25) is 14.6 Å². The molecule has 0 aliphatic carbocycles. The average Bonchev–Trinajstić information content (AvgIpc) is 2.64. The SMILES string of the molecule is CC(C)N1C[C@@H]2COCCN2C2(CN(C(=O)c3ccc(C(F)(F)F)cc3)C2)C1. The van der Waals surface area contributed by atoms with Crippen molar-refractivity contribution in [1.29, 1.82) is 0 Å². The van der Waals surface area contributed by atoms with E-state index in [4.69, 9.17) is 4.74 Å². The number of halogens is 3. The molecule has 28 heavy (non-hydrogen) atoms. The van der Waals surface area contributed by atoms with E-state index in [1.54, 1.807) is 4.90 Å². The largest absolute Gasteiger partial charge is 0.416 e. The number of amides is 1. The number of piperazine rings is 1. The number of ether oxygens (including phenoxy) is 1. The van der Waals surface area contributed by atoms with E-state index < -0.39 is 11.7 Å². The standard InChI is InChI=1S/C20H26F3N3O2/c1-14(2)24-9-17-10-28-8-7-26(17)19(11-24)12-25(13-19)18(27)15-3-5-16(6-4-15)20(21,22)23/h3-6,14,17H,7-13H2,1-2H3/t17-/m1/s1. The van der Waals surface area contributed by atoms with Crippen LogP contribution in [0.4, 0.5) is 13.2 Å². The highest BCUT2D eigenvalue weighted by Gasteiger charge is 2.55. The van der Waals surface area contributed by atoms with Crippen molar-refractivity contribution in [3.05, 3.63) is 35.4 Å². The van der Waals surface area contributed by atoms with E-state index in [9.17, 15) is 18.0 Å². The van der Waals surface area contributed by atoms with E-state index in [2.05, 4.69) is 23.6 Å². The van der Waals surface area contributed by atoms with Crippen LogP contribution in [0.25, 0.3) is 0 Å². The Morgan fingerprint density at radius 2 is 1.86 bits per heavy atom. The summed E-state index contributed by atoms with van der Waals surface area (Å²) in [5.74, 6) is -0.203. The van der Waals surface area contributed by atoms with Crippen LogP contribution in [0, 0.1) is 0 Å². The number of hydrogen-bond donors (Lipinski definition) is 0. The maximum absolute atomic E-state index is 12.8. The van der Waals surface area contributed by atoms with Crippen LogP contribution in [0.3, 0.4) is 0 Å². The fourth-order valence-electron chi connectivity index (χ4n) is 4.70. The van der Waals surface area contributed by atoms with Crippen molar-refractivity contribution in [2.45, 2.75) is 37.6 Å². The monoisotopic (exact) mass is 397 g/mol. The van der Waals surface area contributed by atoms with Crippen LogP contribution in [0.15, 0.2) is 24.3 Å². The molecule has 0 aromatic heterocycles. The lowest BCUT2D eigenvalue weighted by Crippen LogP contribution is -2.81. The molecule has 4 rings (SSSR count). The first-order chi connectivity index (χ1) is 13.2. The molecule has 1 spiro atoms. The zero-order chi connectivity index (χ0) is 20.1. The topological polar surface area (TPSA) is 36.0 Å². The van der Waals surface area contributed by atoms with Crippen molar-refractivity contribution < 1.29 is 22.7 Å². The number of carbonyl (C=O) groups excluding carboxylic acids is 1. The zero-order valence-corrected chi connectivity index (χ0v) is 16.2. The summed E-state index contributed by atoms with van der Waals surface area (Å²) in [7, 11) is 0. The Bertz CT molecular complexity index is 729. The number of fused-ring (bicyclic) bond motifs is 2. The minimum absolute atomic E-state index is 0.0848. The minimum atomic E-state index is -4.39. The number of morpholine rings is 1. The number of alkyl halides is 3. The van der Waals surface area contributed by atoms with Crippen LogP contribution in [0.2, 0.25) is 0 Å². The minimum Gasteiger partial charge on any atom is -0.378 e. The highest BCUT2D eigenvalue weighted by Crippen LogP contribution is 2.37. The van der Waals surface area contributed by atoms with Gasteiger partial charge in [0.05, 0.1) is 24.3 Å². The van der Waals surface area contributed by atoms with Gasteiger partial charge < -0.3 is 9.64 Å². The van der Waals surface area contributed by atoms with Crippen molar-refractivity contribution in [2.24, 2.45) is 0 Å². The zero-order valence-electron chi connectivity index (χ0n) is 16.2. The van der Waals surface area contributed by atoms with Crippen molar-refractivity contribution in [3.63, 3.8) is 0 Å². The normalized spacial score (nSPS) is 25.6. The van der Waals surface area contributed by atoms with Crippen molar-refractivity contribution in [2.75, 3.05) is 45.9 Å². The summed E-state index contributed by atoms with van der Waals surface area (Å²) >= 11 is 0. The highest BCUT2D eigenvalue weighted by atomic mass is 19.4. The molecule has 0 N–H and O–H groups in total. The molecule has 0 saturated carbocycles. The average molecular weight is 397 g/mol. The molecule has 1 aromatic carbocycles. The van der Waals surface area contributed by atoms with Crippen LogP contribution < -0.4 is 0 Å². The molecule has 3 heterocycles. The van der Waals surface area contributed by atoms with Crippen molar-refractivity contribution >= 4 is 5.91 Å². The van der Waals surface area contributed by atoms with Gasteiger partial charge in [-0.25, -0.2) is 0 Å². The smallest absolute Gasteiger partial charge is 0.378 e. The van der Waals surface area contributed by atoms with Gasteiger partial charge in [-0.2, -0.15) is 13.2 Å². The van der Waals surface area contributed by atoms with Crippen molar-refractivity contribution in [3.8, 4) is 0 Å². The predicted octanol–water partition coefficient (Wildman–Crippen LogP) is 2.32. The lowest BCUT2D eigenvalue weighted by Gasteiger charge is -2.63. The Kier molecular flexibility index (Phi) is 4.92. The number of likely N-dealkylation sites (tertiary alicyclic amines) is 1. The van der Waals surface area contributed by atoms with Crippen LogP contribution in [0.5, 0.6) is 0 Å². The Balaban J connectivity index is 1.47. The van der Waals surface area contributed by atoms with E-state index in [-0.39, 0.29) is 11.4 Å². The second kappa shape index (κ2) is 7.00. The highest BCUT2D eigenvalue weighted by molar-refractivity contribution is 5.95. The predicted molar refractivity (Wildman–Crippen MR) is 98.1 cm³/mol. The molecule has 1 amide bonds. The summed E-state index contributed by atoms with van der Waals surface area (Å²) < 4.78 is 43.9. The maximum Gasteiger partial charge on any atom is 0.416 e. The van der Waals surface area contributed by atoms with E-state index in [0.717, 1.165) is 31.8 Å². The first-order valence-corrected chi connectivity index (χ1v) is 9.75. The van der Waals surface area contributed by atoms with E-state index in [0.29, 0.717) is 44.0 Å². The number of rotatable bonds is 2. The summed E-state index contributed by atoms with van der Waals surface area (Å²) in [6.07, 6.45) is -4.39. The third-order valence-electron chi connectivity index (χ3n) is 6.23. The Morgan fingerprint density at radius 3 is 2.46 bits per heavy atom. The van der Waals surface area contributed by atoms with Crippen LogP contribution in [-0.2, 0) is 10.9 Å². The fraction of sp³-hybridized carbons (Fsp3) is 0.650. The third kappa shape index (κ3) is 3.42. The van der Waals surface area contributed by atoms with Gasteiger partial charge in [0.1, 0.15) is 0 Å². The van der Waals surface area contributed by atoms with E-state index in [1.807, 2.05) is 0 Å². The van der Waals surface area contributed by atoms with E-state index >= 15 is 0 Å². The molecular formula is C20H26F3N3O2. The summed E-state index contributed by atoms with van der Waals surface area (Å²) in [4.78, 5) is 19.5. The molecule has 0 bridgehead atoms. The van der Waals surface area contributed by atoms with Crippen LogP contribution in [-0.4, -0.2) is 84.2 Å². The summed E-state index contributed by atoms with van der Waals surface area (Å²) in [6.45, 7) is 9.69.